The highest BCUT2D eigenvalue weighted by Gasteiger charge is 2.36. The number of amides is 3. The molecule has 3 amide bonds. The molecule has 3 N–H and O–H groups in total. The third-order valence-corrected chi connectivity index (χ3v) is 7.48. The number of unbranched alkanes of at least 4 members (excludes halogenated alkanes) is 5. The molecule has 3 aromatic carbocycles. The number of hydrogen-bond acceptors (Lipinski definition) is 5. The molecule has 242 valence electrons. The fourth-order valence-electron chi connectivity index (χ4n) is 5.17. The Morgan fingerprint density at radius 2 is 1.47 bits per heavy atom. The highest BCUT2D eigenvalue weighted by molar-refractivity contribution is 5.99. The quantitative estimate of drug-likeness (QED) is 0.152. The molecule has 0 aliphatic carbocycles. The van der Waals surface area contributed by atoms with E-state index in [1.807, 2.05) is 61.5 Å². The second-order valence-electron chi connectivity index (χ2n) is 12.5. The van der Waals surface area contributed by atoms with Crippen LogP contribution in [-0.4, -0.2) is 46.1 Å². The largest absolute Gasteiger partial charge is 0.508 e. The first-order valence-corrected chi connectivity index (χ1v) is 16.0. The lowest BCUT2D eigenvalue weighted by Crippen LogP contribution is -2.53. The van der Waals surface area contributed by atoms with Crippen molar-refractivity contribution in [2.24, 2.45) is 0 Å². The van der Waals surface area contributed by atoms with Gasteiger partial charge < -0.3 is 25.4 Å². The van der Waals surface area contributed by atoms with Crippen molar-refractivity contribution < 1.29 is 24.2 Å². The molecule has 0 fully saturated rings. The Kier molecular flexibility index (Phi) is 13.5. The number of hydrogen-bond donors (Lipinski definition) is 3. The molecule has 0 radical (unpaired) electrons. The van der Waals surface area contributed by atoms with E-state index in [0.717, 1.165) is 43.2 Å². The minimum atomic E-state index is -1.02. The summed E-state index contributed by atoms with van der Waals surface area (Å²) in [6.45, 7) is 9.68. The Balaban J connectivity index is 2.04. The van der Waals surface area contributed by atoms with E-state index in [0.29, 0.717) is 24.2 Å². The van der Waals surface area contributed by atoms with Crippen LogP contribution in [0.4, 0.5) is 10.5 Å². The second-order valence-corrected chi connectivity index (χ2v) is 12.5. The molecule has 0 saturated heterocycles. The first-order chi connectivity index (χ1) is 21.5. The fourth-order valence-corrected chi connectivity index (χ4v) is 5.17. The standard InChI is InChI=1S/C37H49N3O5/c1-6-7-8-9-10-16-25-40(35(43)32(26-28-18-12-11-13-19-28)39-36(44)45-37(3,4)5)33(29-21-23-30(41)24-22-29)34(42)38-31-20-15-14-17-27(31)2/h11-15,17-24,32-33,41H,6-10,16,25-26H2,1-5H3,(H,38,42)(H,39,44). The zero-order chi connectivity index (χ0) is 32.8. The number of anilines is 1. The first-order valence-electron chi connectivity index (χ1n) is 16.0. The minimum Gasteiger partial charge on any atom is -0.508 e. The van der Waals surface area contributed by atoms with Crippen LogP contribution in [-0.2, 0) is 20.7 Å². The van der Waals surface area contributed by atoms with Gasteiger partial charge in [0, 0.05) is 18.7 Å². The van der Waals surface area contributed by atoms with Crippen molar-refractivity contribution in [2.45, 2.75) is 97.2 Å². The van der Waals surface area contributed by atoms with Crippen LogP contribution in [0.2, 0.25) is 0 Å². The van der Waals surface area contributed by atoms with Gasteiger partial charge in [0.2, 0.25) is 5.91 Å². The van der Waals surface area contributed by atoms with E-state index in [1.54, 1.807) is 37.8 Å². The second kappa shape index (κ2) is 17.2. The summed E-state index contributed by atoms with van der Waals surface area (Å²) >= 11 is 0. The van der Waals surface area contributed by atoms with Gasteiger partial charge in [-0.2, -0.15) is 0 Å². The maximum Gasteiger partial charge on any atom is 0.408 e. The van der Waals surface area contributed by atoms with E-state index in [9.17, 15) is 19.5 Å². The maximum atomic E-state index is 14.6. The summed E-state index contributed by atoms with van der Waals surface area (Å²) < 4.78 is 5.54. The molecule has 2 unspecified atom stereocenters. The van der Waals surface area contributed by atoms with Crippen LogP contribution in [0.5, 0.6) is 5.75 Å². The molecule has 0 aliphatic heterocycles. The van der Waals surface area contributed by atoms with Gasteiger partial charge in [-0.1, -0.05) is 99.7 Å². The van der Waals surface area contributed by atoms with Crippen LogP contribution >= 0.6 is 0 Å². The lowest BCUT2D eigenvalue weighted by molar-refractivity contribution is -0.140. The molecule has 8 heteroatoms. The number of nitrogens with zero attached hydrogens (tertiary/aromatic N) is 1. The third-order valence-electron chi connectivity index (χ3n) is 7.48. The van der Waals surface area contributed by atoms with Gasteiger partial charge in [0.15, 0.2) is 0 Å². The van der Waals surface area contributed by atoms with Gasteiger partial charge in [-0.25, -0.2) is 4.79 Å². The lowest BCUT2D eigenvalue weighted by atomic mass is 9.99. The fraction of sp³-hybridized carbons (Fsp3) is 0.432. The number of benzene rings is 3. The SMILES string of the molecule is CCCCCCCCN(C(=O)C(Cc1ccccc1)NC(=O)OC(C)(C)C)C(C(=O)Nc1ccccc1C)c1ccc(O)cc1. The molecular weight excluding hydrogens is 566 g/mol. The monoisotopic (exact) mass is 615 g/mol. The summed E-state index contributed by atoms with van der Waals surface area (Å²) in [5.74, 6) is -0.722. The number of carbonyl (C=O) groups is 3. The number of para-hydroxylation sites is 1. The number of nitrogens with one attached hydrogen (secondary N) is 2. The minimum absolute atomic E-state index is 0.0548. The van der Waals surface area contributed by atoms with Crippen LogP contribution in [0.3, 0.4) is 0 Å². The number of phenols is 1. The smallest absolute Gasteiger partial charge is 0.408 e. The Bertz CT molecular complexity index is 1370. The zero-order valence-corrected chi connectivity index (χ0v) is 27.3. The van der Waals surface area contributed by atoms with Crippen molar-refractivity contribution in [1.29, 1.82) is 0 Å². The van der Waals surface area contributed by atoms with Crippen LogP contribution in [0.15, 0.2) is 78.9 Å². The first kappa shape index (κ1) is 35.2. The topological polar surface area (TPSA) is 108 Å². The summed E-state index contributed by atoms with van der Waals surface area (Å²) in [5, 5.41) is 15.9. The van der Waals surface area contributed by atoms with Gasteiger partial charge >= 0.3 is 6.09 Å². The van der Waals surface area contributed by atoms with E-state index in [-0.39, 0.29) is 18.1 Å². The van der Waals surface area contributed by atoms with Crippen molar-refractivity contribution in [3.05, 3.63) is 95.6 Å². The van der Waals surface area contributed by atoms with Gasteiger partial charge in [-0.3, -0.25) is 9.59 Å². The number of phenolic OH excluding ortho intramolecular Hbond substituents is 1. The summed E-state index contributed by atoms with van der Waals surface area (Å²) in [5.41, 5.74) is 2.18. The van der Waals surface area contributed by atoms with Crippen molar-refractivity contribution >= 4 is 23.6 Å². The molecule has 2 atom stereocenters. The number of alkyl carbamates (subject to hydrolysis) is 1. The van der Waals surface area contributed by atoms with Gasteiger partial charge in [-0.05, 0) is 69.0 Å². The third kappa shape index (κ3) is 11.6. The lowest BCUT2D eigenvalue weighted by Gasteiger charge is -2.35. The van der Waals surface area contributed by atoms with E-state index in [2.05, 4.69) is 17.6 Å². The van der Waals surface area contributed by atoms with Crippen LogP contribution in [0, 0.1) is 6.92 Å². The molecule has 0 spiro atoms. The van der Waals surface area contributed by atoms with Crippen molar-refractivity contribution in [3.8, 4) is 5.75 Å². The summed E-state index contributed by atoms with van der Waals surface area (Å²) in [7, 11) is 0. The van der Waals surface area contributed by atoms with E-state index in [4.69, 9.17) is 4.74 Å². The molecule has 0 aliphatic rings. The van der Waals surface area contributed by atoms with Gasteiger partial charge in [0.05, 0.1) is 0 Å². The van der Waals surface area contributed by atoms with E-state index >= 15 is 0 Å². The Morgan fingerprint density at radius 1 is 0.844 bits per heavy atom. The molecule has 3 aromatic rings. The van der Waals surface area contributed by atoms with Gasteiger partial charge in [-0.15, -0.1) is 0 Å². The number of rotatable bonds is 15. The Labute approximate surface area is 268 Å². The summed E-state index contributed by atoms with van der Waals surface area (Å²) in [6.07, 6.45) is 5.51. The number of aromatic hydroxyl groups is 1. The number of carbonyl (C=O) groups excluding carboxylic acids is 3. The van der Waals surface area contributed by atoms with Gasteiger partial charge in [0.25, 0.3) is 5.91 Å². The average molecular weight is 616 g/mol. The van der Waals surface area contributed by atoms with Crippen molar-refractivity contribution in [1.82, 2.24) is 10.2 Å². The molecule has 0 bridgehead atoms. The van der Waals surface area contributed by atoms with Crippen molar-refractivity contribution in [3.63, 3.8) is 0 Å². The molecule has 8 nitrogen and oxygen atoms in total. The average Bonchev–Trinajstić information content (AvgIpc) is 2.99. The summed E-state index contributed by atoms with van der Waals surface area (Å²) in [6, 6.07) is 21.3. The number of aryl methyl sites for hydroxylation is 1. The van der Waals surface area contributed by atoms with Crippen LogP contribution < -0.4 is 10.6 Å². The molecule has 0 heterocycles. The van der Waals surface area contributed by atoms with E-state index < -0.39 is 29.7 Å². The molecule has 0 aromatic heterocycles. The number of ether oxygens (including phenoxy) is 1. The van der Waals surface area contributed by atoms with Gasteiger partial charge in [0.1, 0.15) is 23.4 Å². The predicted octanol–water partition coefficient (Wildman–Crippen LogP) is 7.71. The molecule has 3 rings (SSSR count). The maximum absolute atomic E-state index is 14.6. The normalized spacial score (nSPS) is 12.6. The van der Waals surface area contributed by atoms with Crippen LogP contribution in [0.25, 0.3) is 0 Å². The predicted molar refractivity (Wildman–Crippen MR) is 179 cm³/mol. The zero-order valence-electron chi connectivity index (χ0n) is 27.3. The Hall–Kier alpha value is -4.33. The molecule has 0 saturated carbocycles. The Morgan fingerprint density at radius 3 is 2.11 bits per heavy atom. The molecular formula is C37H49N3O5. The van der Waals surface area contributed by atoms with E-state index in [1.165, 1.54) is 12.1 Å². The highest BCUT2D eigenvalue weighted by Crippen LogP contribution is 2.28. The van der Waals surface area contributed by atoms with Crippen LogP contribution in [0.1, 0.15) is 89.0 Å². The highest BCUT2D eigenvalue weighted by atomic mass is 16.6. The van der Waals surface area contributed by atoms with Crippen molar-refractivity contribution in [2.75, 3.05) is 11.9 Å². The summed E-state index contributed by atoms with van der Waals surface area (Å²) in [4.78, 5) is 43.4. The molecule has 45 heavy (non-hydrogen) atoms.